The van der Waals surface area contributed by atoms with Gasteiger partial charge in [0.1, 0.15) is 23.7 Å². The Kier molecular flexibility index (Phi) is 5.11. The number of amides is 1. The van der Waals surface area contributed by atoms with E-state index in [4.69, 9.17) is 0 Å². The molecule has 4 aromatic rings. The Labute approximate surface area is 168 Å². The first-order chi connectivity index (χ1) is 14.5. The zero-order chi connectivity index (χ0) is 21.3. The fourth-order valence-corrected chi connectivity index (χ4v) is 3.19. The Hall–Kier alpha value is -3.85. The summed E-state index contributed by atoms with van der Waals surface area (Å²) in [5, 5.41) is 16.7. The summed E-state index contributed by atoms with van der Waals surface area (Å²) in [7, 11) is 0. The van der Waals surface area contributed by atoms with Crippen molar-refractivity contribution in [2.75, 3.05) is 5.32 Å². The standard InChI is InChI=1S/C21H16F2N4O3/c22-14-6-4-13(5-7-14)19-17(12-28)20-21(30)26(8-9-27(20)25-19)11-18(29)24-16-3-1-2-15(23)10-16/h1-10,28H,11-12H2,(H,24,29). The van der Waals surface area contributed by atoms with Crippen LogP contribution in [-0.4, -0.2) is 25.2 Å². The number of aliphatic hydroxyl groups excluding tert-OH is 1. The zero-order valence-corrected chi connectivity index (χ0v) is 15.5. The number of halogens is 2. The van der Waals surface area contributed by atoms with Crippen LogP contribution in [0.1, 0.15) is 5.56 Å². The van der Waals surface area contributed by atoms with E-state index in [0.29, 0.717) is 11.3 Å². The van der Waals surface area contributed by atoms with Crippen molar-refractivity contribution in [3.05, 3.63) is 88.5 Å². The van der Waals surface area contributed by atoms with Gasteiger partial charge in [-0.05, 0) is 42.5 Å². The molecule has 0 saturated carbocycles. The van der Waals surface area contributed by atoms with E-state index in [1.165, 1.54) is 70.0 Å². The lowest BCUT2D eigenvalue weighted by molar-refractivity contribution is -0.116. The van der Waals surface area contributed by atoms with Crippen molar-refractivity contribution in [2.24, 2.45) is 0 Å². The van der Waals surface area contributed by atoms with Crippen LogP contribution < -0.4 is 10.9 Å². The summed E-state index contributed by atoms with van der Waals surface area (Å²) >= 11 is 0. The number of carbonyl (C=O) groups excluding carboxylic acids is 1. The second-order valence-electron chi connectivity index (χ2n) is 6.58. The topological polar surface area (TPSA) is 88.6 Å². The molecule has 1 amide bonds. The van der Waals surface area contributed by atoms with Crippen molar-refractivity contribution >= 4 is 17.1 Å². The van der Waals surface area contributed by atoms with Gasteiger partial charge in [0, 0.05) is 29.2 Å². The minimum absolute atomic E-state index is 0.109. The number of rotatable bonds is 5. The molecule has 9 heteroatoms. The fraction of sp³-hybridized carbons (Fsp3) is 0.0952. The molecule has 2 heterocycles. The summed E-state index contributed by atoms with van der Waals surface area (Å²) in [6.45, 7) is -0.779. The first-order valence-corrected chi connectivity index (χ1v) is 8.99. The van der Waals surface area contributed by atoms with Gasteiger partial charge in [-0.15, -0.1) is 0 Å². The minimum atomic E-state index is -0.531. The number of carbonyl (C=O) groups is 1. The molecular weight excluding hydrogens is 394 g/mol. The van der Waals surface area contributed by atoms with E-state index >= 15 is 0 Å². The van der Waals surface area contributed by atoms with E-state index in [-0.39, 0.29) is 23.3 Å². The van der Waals surface area contributed by atoms with E-state index in [9.17, 15) is 23.5 Å². The highest BCUT2D eigenvalue weighted by atomic mass is 19.1. The Morgan fingerprint density at radius 3 is 2.53 bits per heavy atom. The molecule has 0 aliphatic rings. The van der Waals surface area contributed by atoms with Crippen molar-refractivity contribution in [3.63, 3.8) is 0 Å². The predicted octanol–water partition coefficient (Wildman–Crippen LogP) is 2.57. The van der Waals surface area contributed by atoms with E-state index in [0.717, 1.165) is 0 Å². The zero-order valence-electron chi connectivity index (χ0n) is 15.5. The number of hydrogen-bond donors (Lipinski definition) is 2. The van der Waals surface area contributed by atoms with E-state index < -0.39 is 29.7 Å². The molecule has 2 N–H and O–H groups in total. The van der Waals surface area contributed by atoms with Gasteiger partial charge in [-0.25, -0.2) is 13.3 Å². The average molecular weight is 410 g/mol. The van der Waals surface area contributed by atoms with Gasteiger partial charge in [0.2, 0.25) is 5.91 Å². The highest BCUT2D eigenvalue weighted by molar-refractivity contribution is 5.90. The molecule has 0 aliphatic heterocycles. The van der Waals surface area contributed by atoms with Gasteiger partial charge < -0.3 is 15.0 Å². The second-order valence-corrected chi connectivity index (χ2v) is 6.58. The maximum absolute atomic E-state index is 13.3. The van der Waals surface area contributed by atoms with Gasteiger partial charge in [-0.3, -0.25) is 9.59 Å². The molecule has 30 heavy (non-hydrogen) atoms. The van der Waals surface area contributed by atoms with Gasteiger partial charge in [0.05, 0.1) is 12.3 Å². The van der Waals surface area contributed by atoms with E-state index in [1.807, 2.05) is 0 Å². The lowest BCUT2D eigenvalue weighted by atomic mass is 10.1. The lowest BCUT2D eigenvalue weighted by Crippen LogP contribution is -2.28. The summed E-state index contributed by atoms with van der Waals surface area (Å²) < 4.78 is 29.0. The van der Waals surface area contributed by atoms with Gasteiger partial charge in [0.25, 0.3) is 5.56 Å². The third kappa shape index (κ3) is 3.70. The van der Waals surface area contributed by atoms with Crippen LogP contribution in [0.2, 0.25) is 0 Å². The maximum Gasteiger partial charge on any atom is 0.277 e. The van der Waals surface area contributed by atoms with Crippen LogP contribution in [0.3, 0.4) is 0 Å². The molecule has 2 aromatic heterocycles. The highest BCUT2D eigenvalue weighted by Crippen LogP contribution is 2.25. The Morgan fingerprint density at radius 1 is 1.07 bits per heavy atom. The summed E-state index contributed by atoms with van der Waals surface area (Å²) in [6, 6.07) is 10.9. The molecule has 0 saturated heterocycles. The van der Waals surface area contributed by atoms with Crippen LogP contribution in [-0.2, 0) is 17.9 Å². The normalized spacial score (nSPS) is 11.0. The molecule has 0 fully saturated rings. The van der Waals surface area contributed by atoms with Gasteiger partial charge in [0.15, 0.2) is 0 Å². The molecular formula is C21H16F2N4O3. The average Bonchev–Trinajstić information content (AvgIpc) is 3.10. The summed E-state index contributed by atoms with van der Waals surface area (Å²) in [5.74, 6) is -1.43. The molecule has 0 radical (unpaired) electrons. The summed E-state index contributed by atoms with van der Waals surface area (Å²) in [4.78, 5) is 25.2. The maximum atomic E-state index is 13.3. The quantitative estimate of drug-likeness (QED) is 0.529. The van der Waals surface area contributed by atoms with Crippen molar-refractivity contribution < 1.29 is 18.7 Å². The van der Waals surface area contributed by atoms with Gasteiger partial charge >= 0.3 is 0 Å². The molecule has 0 atom stereocenters. The molecule has 0 unspecified atom stereocenters. The Balaban J connectivity index is 1.69. The third-order valence-electron chi connectivity index (χ3n) is 4.56. The highest BCUT2D eigenvalue weighted by Gasteiger charge is 2.18. The first-order valence-electron chi connectivity index (χ1n) is 8.99. The number of nitrogens with one attached hydrogen (secondary N) is 1. The summed E-state index contributed by atoms with van der Waals surface area (Å²) in [6.07, 6.45) is 2.88. The largest absolute Gasteiger partial charge is 0.392 e. The number of hydrogen-bond acceptors (Lipinski definition) is 4. The number of nitrogens with zero attached hydrogens (tertiary/aromatic N) is 3. The van der Waals surface area contributed by atoms with Crippen molar-refractivity contribution in [3.8, 4) is 11.3 Å². The lowest BCUT2D eigenvalue weighted by Gasteiger charge is -2.08. The fourth-order valence-electron chi connectivity index (χ4n) is 3.19. The minimum Gasteiger partial charge on any atom is -0.392 e. The monoisotopic (exact) mass is 410 g/mol. The SMILES string of the molecule is O=C(Cn1ccn2nc(-c3ccc(F)cc3)c(CO)c2c1=O)Nc1cccc(F)c1. The van der Waals surface area contributed by atoms with Crippen molar-refractivity contribution in [1.82, 2.24) is 14.2 Å². The van der Waals surface area contributed by atoms with E-state index in [1.54, 1.807) is 0 Å². The van der Waals surface area contributed by atoms with Crippen LogP contribution in [0, 0.1) is 11.6 Å². The molecule has 0 bridgehead atoms. The van der Waals surface area contributed by atoms with Crippen LogP contribution in [0.4, 0.5) is 14.5 Å². The summed E-state index contributed by atoms with van der Waals surface area (Å²) in [5.41, 5.74) is 1.00. The third-order valence-corrected chi connectivity index (χ3v) is 4.56. The number of aliphatic hydroxyl groups is 1. The number of aromatic nitrogens is 3. The molecule has 0 spiro atoms. The molecule has 7 nitrogen and oxygen atoms in total. The van der Waals surface area contributed by atoms with Gasteiger partial charge in [-0.1, -0.05) is 6.07 Å². The Morgan fingerprint density at radius 2 is 1.83 bits per heavy atom. The number of benzene rings is 2. The van der Waals surface area contributed by atoms with Crippen LogP contribution >= 0.6 is 0 Å². The molecule has 0 aliphatic carbocycles. The van der Waals surface area contributed by atoms with E-state index in [2.05, 4.69) is 10.4 Å². The Bertz CT molecular complexity index is 1300. The van der Waals surface area contributed by atoms with Gasteiger partial charge in [-0.2, -0.15) is 5.10 Å². The van der Waals surface area contributed by atoms with Crippen molar-refractivity contribution in [2.45, 2.75) is 13.2 Å². The van der Waals surface area contributed by atoms with Crippen LogP contribution in [0.5, 0.6) is 0 Å². The number of fused-ring (bicyclic) bond motifs is 1. The molecule has 152 valence electrons. The smallest absolute Gasteiger partial charge is 0.277 e. The van der Waals surface area contributed by atoms with Crippen molar-refractivity contribution in [1.29, 1.82) is 0 Å². The van der Waals surface area contributed by atoms with Crippen LogP contribution in [0.15, 0.2) is 65.7 Å². The number of anilines is 1. The van der Waals surface area contributed by atoms with Crippen LogP contribution in [0.25, 0.3) is 16.8 Å². The first kappa shape index (κ1) is 19.5. The molecule has 4 rings (SSSR count). The predicted molar refractivity (Wildman–Crippen MR) is 106 cm³/mol. The second kappa shape index (κ2) is 7.88. The molecule has 2 aromatic carbocycles.